The molecule has 2 aromatic rings. The first-order valence-corrected chi connectivity index (χ1v) is 12.0. The standard InChI is InChI=1S/C20H28N4O4S2.2Na.2H/c1-14-6-8-15(9-7-14)30(26,27)28-18(25)16-12-22-19(29-5)23-17(16)24(11-10-21)13-20(2,3)4;;;;/h6-9,12H,10-11,13,21H2,1-5H3;;;;. The number of carbonyl (C=O) groups excluding carboxylic acids is 1. The summed E-state index contributed by atoms with van der Waals surface area (Å²) < 4.78 is 30.0. The molecule has 12 heteroatoms. The van der Waals surface area contributed by atoms with E-state index >= 15 is 0 Å². The number of thioether (sulfide) groups is 1. The van der Waals surface area contributed by atoms with E-state index in [1.54, 1.807) is 12.1 Å². The van der Waals surface area contributed by atoms with Gasteiger partial charge in [-0.15, -0.1) is 0 Å². The van der Waals surface area contributed by atoms with Crippen molar-refractivity contribution in [1.29, 1.82) is 0 Å². The van der Waals surface area contributed by atoms with Gasteiger partial charge in [0.25, 0.3) is 0 Å². The Kier molecular flexibility index (Phi) is 13.6. The van der Waals surface area contributed by atoms with Crippen LogP contribution in [0.4, 0.5) is 5.82 Å². The number of anilines is 1. The van der Waals surface area contributed by atoms with Crippen LogP contribution in [0.3, 0.4) is 0 Å². The van der Waals surface area contributed by atoms with Crippen molar-refractivity contribution in [3.63, 3.8) is 0 Å². The number of aryl methyl sites for hydroxylation is 1. The third kappa shape index (κ3) is 9.23. The minimum atomic E-state index is -4.28. The fraction of sp³-hybridized carbons (Fsp3) is 0.450. The average Bonchev–Trinajstić information content (AvgIpc) is 2.66. The fourth-order valence-corrected chi connectivity index (χ4v) is 3.92. The maximum absolute atomic E-state index is 12.8. The molecule has 2 rings (SSSR count). The Hall–Kier alpha value is -0.170. The first kappa shape index (κ1) is 31.8. The van der Waals surface area contributed by atoms with Crippen LogP contribution in [0.5, 0.6) is 0 Å². The van der Waals surface area contributed by atoms with Crippen LogP contribution >= 0.6 is 11.8 Å². The molecule has 0 unspecified atom stereocenters. The van der Waals surface area contributed by atoms with Gasteiger partial charge in [0.2, 0.25) is 0 Å². The van der Waals surface area contributed by atoms with Crippen molar-refractivity contribution < 1.29 is 17.4 Å². The van der Waals surface area contributed by atoms with Crippen LogP contribution < -0.4 is 10.6 Å². The number of aromatic nitrogens is 2. The molecular formula is C20H30N4Na2O4S2. The van der Waals surface area contributed by atoms with Gasteiger partial charge >= 0.3 is 75.2 Å². The van der Waals surface area contributed by atoms with Gasteiger partial charge in [-0.05, 0) is 30.7 Å². The van der Waals surface area contributed by atoms with E-state index in [-0.39, 0.29) is 75.0 Å². The van der Waals surface area contributed by atoms with E-state index < -0.39 is 16.1 Å². The Balaban J connectivity index is 0.00000480. The van der Waals surface area contributed by atoms with Gasteiger partial charge in [0.05, 0.1) is 0 Å². The molecule has 0 aliphatic carbocycles. The second-order valence-corrected chi connectivity index (χ2v) is 10.3. The summed E-state index contributed by atoms with van der Waals surface area (Å²) in [5.74, 6) is -0.729. The van der Waals surface area contributed by atoms with E-state index in [9.17, 15) is 13.2 Å². The van der Waals surface area contributed by atoms with Crippen LogP contribution in [0, 0.1) is 12.3 Å². The zero-order valence-corrected chi connectivity index (χ0v) is 19.5. The number of nitrogens with zero attached hydrogens (tertiary/aromatic N) is 3. The Bertz CT molecular complexity index is 998. The van der Waals surface area contributed by atoms with E-state index in [0.717, 1.165) is 5.56 Å². The molecule has 0 bridgehead atoms. The van der Waals surface area contributed by atoms with Crippen molar-refractivity contribution in [1.82, 2.24) is 9.97 Å². The van der Waals surface area contributed by atoms with Gasteiger partial charge in [-0.25, -0.2) is 14.8 Å². The van der Waals surface area contributed by atoms with Gasteiger partial charge in [-0.3, -0.25) is 0 Å². The van der Waals surface area contributed by atoms with Crippen LogP contribution in [0.2, 0.25) is 0 Å². The van der Waals surface area contributed by atoms with Crippen molar-refractivity contribution >= 4 is 92.8 Å². The number of nitrogens with two attached hydrogens (primary N) is 1. The molecule has 0 atom stereocenters. The molecule has 1 aromatic carbocycles. The SMILES string of the molecule is CSc1ncc(C(=O)OS(=O)(=O)c2ccc(C)cc2)c(N(CCN)CC(C)(C)C)n1.[NaH].[NaH]. The normalized spacial score (nSPS) is 11.2. The number of hydrogen-bond acceptors (Lipinski definition) is 9. The van der Waals surface area contributed by atoms with Gasteiger partial charge in [-0.1, -0.05) is 50.2 Å². The molecule has 0 radical (unpaired) electrons. The summed E-state index contributed by atoms with van der Waals surface area (Å²) in [5, 5.41) is 0.457. The summed E-state index contributed by atoms with van der Waals surface area (Å²) in [6, 6.07) is 6.06. The Morgan fingerprint density at radius 2 is 1.78 bits per heavy atom. The number of benzene rings is 1. The van der Waals surface area contributed by atoms with Gasteiger partial charge in [-0.2, -0.15) is 8.42 Å². The molecule has 1 aromatic heterocycles. The number of hydrogen-bond donors (Lipinski definition) is 1. The molecule has 2 N–H and O–H groups in total. The van der Waals surface area contributed by atoms with E-state index in [1.165, 1.54) is 30.1 Å². The molecule has 0 saturated carbocycles. The summed E-state index contributed by atoms with van der Waals surface area (Å²) in [7, 11) is -4.28. The third-order valence-corrected chi connectivity index (χ3v) is 5.79. The van der Waals surface area contributed by atoms with Gasteiger partial charge in [0.1, 0.15) is 16.3 Å². The molecule has 0 aliphatic heterocycles. The second-order valence-electron chi connectivity index (χ2n) is 8.00. The quantitative estimate of drug-likeness (QED) is 0.250. The minimum absolute atomic E-state index is 0. The fourth-order valence-electron chi connectivity index (χ4n) is 2.73. The van der Waals surface area contributed by atoms with Crippen LogP contribution in [0.1, 0.15) is 36.7 Å². The van der Waals surface area contributed by atoms with Crippen molar-refractivity contribution in [3.05, 3.63) is 41.6 Å². The average molecular weight is 501 g/mol. The van der Waals surface area contributed by atoms with Crippen molar-refractivity contribution in [2.75, 3.05) is 30.8 Å². The Labute approximate surface area is 239 Å². The maximum atomic E-state index is 12.8. The van der Waals surface area contributed by atoms with Gasteiger partial charge in [0.15, 0.2) is 5.16 Å². The molecule has 168 valence electrons. The first-order valence-electron chi connectivity index (χ1n) is 9.38. The Morgan fingerprint density at radius 1 is 1.19 bits per heavy atom. The zero-order valence-electron chi connectivity index (χ0n) is 17.9. The van der Waals surface area contributed by atoms with E-state index in [4.69, 9.17) is 9.92 Å². The summed E-state index contributed by atoms with van der Waals surface area (Å²) in [6.07, 6.45) is 3.11. The van der Waals surface area contributed by atoms with E-state index in [2.05, 4.69) is 9.97 Å². The first-order chi connectivity index (χ1) is 14.0. The van der Waals surface area contributed by atoms with Crippen molar-refractivity contribution in [3.8, 4) is 0 Å². The zero-order chi connectivity index (χ0) is 22.5. The molecule has 0 aliphatic rings. The molecule has 0 saturated heterocycles. The monoisotopic (exact) mass is 500 g/mol. The molecule has 0 spiro atoms. The summed E-state index contributed by atoms with van der Waals surface area (Å²) >= 11 is 1.32. The second kappa shape index (κ2) is 13.7. The summed E-state index contributed by atoms with van der Waals surface area (Å²) in [5.41, 5.74) is 6.52. The van der Waals surface area contributed by atoms with E-state index in [0.29, 0.717) is 30.6 Å². The predicted molar refractivity (Wildman–Crippen MR) is 133 cm³/mol. The van der Waals surface area contributed by atoms with Crippen molar-refractivity contribution in [2.45, 2.75) is 37.7 Å². The van der Waals surface area contributed by atoms with Crippen LogP contribution in [-0.2, 0) is 14.3 Å². The molecule has 1 heterocycles. The number of carbonyl (C=O) groups is 1. The summed E-state index contributed by atoms with van der Waals surface area (Å²) in [4.78, 5) is 23.2. The molecule has 8 nitrogen and oxygen atoms in total. The Morgan fingerprint density at radius 3 is 2.28 bits per heavy atom. The molecule has 0 fully saturated rings. The summed E-state index contributed by atoms with van der Waals surface area (Å²) in [6.45, 7) is 9.31. The third-order valence-electron chi connectivity index (χ3n) is 4.01. The van der Waals surface area contributed by atoms with Gasteiger partial charge in [0, 0.05) is 25.8 Å². The molecule has 0 amide bonds. The van der Waals surface area contributed by atoms with Crippen LogP contribution in [-0.4, -0.2) is 109 Å². The van der Waals surface area contributed by atoms with Crippen molar-refractivity contribution in [2.24, 2.45) is 11.1 Å². The predicted octanol–water partition coefficient (Wildman–Crippen LogP) is 1.57. The molecular weight excluding hydrogens is 470 g/mol. The topological polar surface area (TPSA) is 115 Å². The van der Waals surface area contributed by atoms with Gasteiger partial charge < -0.3 is 14.8 Å². The molecule has 32 heavy (non-hydrogen) atoms. The van der Waals surface area contributed by atoms with Crippen LogP contribution in [0.25, 0.3) is 0 Å². The number of rotatable bonds is 8. The van der Waals surface area contributed by atoms with E-state index in [1.807, 2.05) is 38.9 Å². The van der Waals surface area contributed by atoms with Crippen LogP contribution in [0.15, 0.2) is 40.5 Å².